The normalized spacial score (nSPS) is 23.1. The van der Waals surface area contributed by atoms with Gasteiger partial charge in [-0.15, -0.1) is 0 Å². The molecule has 0 bridgehead atoms. The van der Waals surface area contributed by atoms with Gasteiger partial charge in [0.1, 0.15) is 0 Å². The Hall–Kier alpha value is -1.76. The van der Waals surface area contributed by atoms with Gasteiger partial charge < -0.3 is 19.9 Å². The molecular formula is C13H12BrNO5. The van der Waals surface area contributed by atoms with E-state index in [1.807, 2.05) is 0 Å². The molecule has 1 aromatic carbocycles. The van der Waals surface area contributed by atoms with Gasteiger partial charge in [-0.2, -0.15) is 0 Å². The predicted octanol–water partition coefficient (Wildman–Crippen LogP) is 2.23. The zero-order valence-electron chi connectivity index (χ0n) is 10.4. The average molecular weight is 342 g/mol. The van der Waals surface area contributed by atoms with Crippen LogP contribution in [0.4, 0.5) is 5.69 Å². The Bertz CT molecular complexity index is 588. The van der Waals surface area contributed by atoms with Crippen LogP contribution in [0.25, 0.3) is 0 Å². The van der Waals surface area contributed by atoms with Crippen molar-refractivity contribution in [2.24, 2.45) is 11.8 Å². The molecule has 1 aliphatic carbocycles. The van der Waals surface area contributed by atoms with E-state index in [1.165, 1.54) is 0 Å². The second kappa shape index (κ2) is 4.97. The number of rotatable bonds is 3. The highest BCUT2D eigenvalue weighted by Crippen LogP contribution is 2.42. The molecule has 0 unspecified atom stereocenters. The number of anilines is 1. The summed E-state index contributed by atoms with van der Waals surface area (Å²) in [4.78, 5) is 23.0. The average Bonchev–Trinajstić information content (AvgIpc) is 2.74. The lowest BCUT2D eigenvalue weighted by Crippen LogP contribution is -2.41. The number of hydrogen-bond acceptors (Lipinski definition) is 4. The Morgan fingerprint density at radius 2 is 2.00 bits per heavy atom. The van der Waals surface area contributed by atoms with Gasteiger partial charge >= 0.3 is 5.97 Å². The number of nitrogens with one attached hydrogen (secondary N) is 1. The molecule has 0 spiro atoms. The van der Waals surface area contributed by atoms with Crippen molar-refractivity contribution in [3.63, 3.8) is 0 Å². The Morgan fingerprint density at radius 1 is 1.25 bits per heavy atom. The second-order valence-corrected chi connectivity index (χ2v) is 5.66. The summed E-state index contributed by atoms with van der Waals surface area (Å²) in [7, 11) is 0. The molecule has 0 radical (unpaired) electrons. The van der Waals surface area contributed by atoms with Crippen LogP contribution in [0.15, 0.2) is 16.6 Å². The fourth-order valence-electron chi connectivity index (χ4n) is 2.38. The molecule has 2 aliphatic rings. The van der Waals surface area contributed by atoms with E-state index >= 15 is 0 Å². The van der Waals surface area contributed by atoms with Crippen LogP contribution in [-0.2, 0) is 9.59 Å². The van der Waals surface area contributed by atoms with Crippen molar-refractivity contribution in [3.8, 4) is 11.5 Å². The van der Waals surface area contributed by atoms with Gasteiger partial charge in [-0.25, -0.2) is 0 Å². The number of fused-ring (bicyclic) bond motifs is 1. The largest absolute Gasteiger partial charge is 0.481 e. The summed E-state index contributed by atoms with van der Waals surface area (Å²) in [5.41, 5.74) is 0.558. The summed E-state index contributed by atoms with van der Waals surface area (Å²) >= 11 is 3.34. The Morgan fingerprint density at radius 3 is 2.65 bits per heavy atom. The Labute approximate surface area is 123 Å². The third-order valence-electron chi connectivity index (χ3n) is 3.62. The number of amides is 1. The highest BCUT2D eigenvalue weighted by Gasteiger charge is 2.41. The molecule has 1 aliphatic heterocycles. The molecule has 6 nitrogen and oxygen atoms in total. The molecular weight excluding hydrogens is 330 g/mol. The van der Waals surface area contributed by atoms with Crippen molar-refractivity contribution in [1.29, 1.82) is 0 Å². The van der Waals surface area contributed by atoms with E-state index in [-0.39, 0.29) is 12.7 Å². The standard InChI is InChI=1S/C13H12BrNO5/c14-9-3-6(4-10-11(9)20-5-19-10)15-12(16)7-1-2-8(7)13(17)18/h3-4,7-8H,1-2,5H2,(H,15,16)(H,17,18)/t7-,8+/m0/s1. The summed E-state index contributed by atoms with van der Waals surface area (Å²) in [6, 6.07) is 3.37. The first-order chi connectivity index (χ1) is 9.56. The number of benzene rings is 1. The SMILES string of the molecule is O=C(Nc1cc(Br)c2c(c1)OCO2)[C@H]1CC[C@H]1C(=O)O. The maximum atomic E-state index is 12.1. The van der Waals surface area contributed by atoms with Crippen molar-refractivity contribution in [2.75, 3.05) is 12.1 Å². The van der Waals surface area contributed by atoms with Gasteiger partial charge in [0, 0.05) is 11.8 Å². The minimum Gasteiger partial charge on any atom is -0.481 e. The topological polar surface area (TPSA) is 84.9 Å². The maximum absolute atomic E-state index is 12.1. The van der Waals surface area contributed by atoms with E-state index < -0.39 is 17.8 Å². The smallest absolute Gasteiger partial charge is 0.307 e. The molecule has 106 valence electrons. The van der Waals surface area contributed by atoms with Crippen LogP contribution in [0, 0.1) is 11.8 Å². The van der Waals surface area contributed by atoms with Crippen molar-refractivity contribution in [2.45, 2.75) is 12.8 Å². The summed E-state index contributed by atoms with van der Waals surface area (Å²) in [5, 5.41) is 11.7. The summed E-state index contributed by atoms with van der Waals surface area (Å²) in [6.07, 6.45) is 1.16. The van der Waals surface area contributed by atoms with E-state index in [4.69, 9.17) is 14.6 Å². The molecule has 2 N–H and O–H groups in total. The van der Waals surface area contributed by atoms with Crippen LogP contribution < -0.4 is 14.8 Å². The molecule has 0 saturated heterocycles. The van der Waals surface area contributed by atoms with Crippen LogP contribution >= 0.6 is 15.9 Å². The third-order valence-corrected chi connectivity index (χ3v) is 4.21. The van der Waals surface area contributed by atoms with Crippen LogP contribution in [0.5, 0.6) is 11.5 Å². The number of aliphatic carboxylic acids is 1. The summed E-state index contributed by atoms with van der Waals surface area (Å²) < 4.78 is 11.2. The first-order valence-electron chi connectivity index (χ1n) is 6.19. The van der Waals surface area contributed by atoms with Crippen molar-refractivity contribution < 1.29 is 24.2 Å². The number of ether oxygens (including phenoxy) is 2. The molecule has 1 fully saturated rings. The highest BCUT2D eigenvalue weighted by molar-refractivity contribution is 9.10. The van der Waals surface area contributed by atoms with Gasteiger partial charge in [-0.1, -0.05) is 0 Å². The number of carboxylic acids is 1. The van der Waals surface area contributed by atoms with Crippen molar-refractivity contribution in [3.05, 3.63) is 16.6 Å². The lowest BCUT2D eigenvalue weighted by molar-refractivity contribution is -0.151. The molecule has 0 aromatic heterocycles. The molecule has 2 atom stereocenters. The number of carbonyl (C=O) groups is 2. The zero-order valence-corrected chi connectivity index (χ0v) is 12.0. The number of carboxylic acid groups (broad SMARTS) is 1. The minimum atomic E-state index is -0.914. The zero-order chi connectivity index (χ0) is 14.3. The Balaban J connectivity index is 1.74. The van der Waals surface area contributed by atoms with Crippen LogP contribution in [0.2, 0.25) is 0 Å². The minimum absolute atomic E-state index is 0.148. The molecule has 1 amide bonds. The highest BCUT2D eigenvalue weighted by atomic mass is 79.9. The van der Waals surface area contributed by atoms with Gasteiger partial charge in [0.05, 0.1) is 16.3 Å². The fourth-order valence-corrected chi connectivity index (χ4v) is 2.94. The lowest BCUT2D eigenvalue weighted by Gasteiger charge is -2.31. The lowest BCUT2D eigenvalue weighted by atomic mass is 9.73. The second-order valence-electron chi connectivity index (χ2n) is 4.81. The molecule has 20 heavy (non-hydrogen) atoms. The Kier molecular flexibility index (Phi) is 3.29. The summed E-state index contributed by atoms with van der Waals surface area (Å²) in [6.45, 7) is 0.148. The van der Waals surface area contributed by atoms with Gasteiger partial charge in [0.15, 0.2) is 11.5 Å². The van der Waals surface area contributed by atoms with E-state index in [2.05, 4.69) is 21.2 Å². The van der Waals surface area contributed by atoms with E-state index in [0.29, 0.717) is 34.5 Å². The van der Waals surface area contributed by atoms with Gasteiger partial charge in [-0.3, -0.25) is 9.59 Å². The molecule has 1 heterocycles. The van der Waals surface area contributed by atoms with Gasteiger partial charge in [-0.05, 0) is 34.8 Å². The van der Waals surface area contributed by atoms with E-state index in [0.717, 1.165) is 0 Å². The monoisotopic (exact) mass is 341 g/mol. The molecule has 7 heteroatoms. The van der Waals surface area contributed by atoms with Crippen LogP contribution in [0.3, 0.4) is 0 Å². The quantitative estimate of drug-likeness (QED) is 0.880. The third kappa shape index (κ3) is 2.22. The van der Waals surface area contributed by atoms with Crippen LogP contribution in [-0.4, -0.2) is 23.8 Å². The number of hydrogen-bond donors (Lipinski definition) is 2. The van der Waals surface area contributed by atoms with E-state index in [1.54, 1.807) is 12.1 Å². The van der Waals surface area contributed by atoms with Gasteiger partial charge in [0.25, 0.3) is 0 Å². The van der Waals surface area contributed by atoms with Gasteiger partial charge in [0.2, 0.25) is 12.7 Å². The number of halogens is 1. The number of carbonyl (C=O) groups excluding carboxylic acids is 1. The van der Waals surface area contributed by atoms with E-state index in [9.17, 15) is 9.59 Å². The maximum Gasteiger partial charge on any atom is 0.307 e. The molecule has 1 aromatic rings. The van der Waals surface area contributed by atoms with Crippen molar-refractivity contribution >= 4 is 33.5 Å². The van der Waals surface area contributed by atoms with Crippen molar-refractivity contribution in [1.82, 2.24) is 0 Å². The fraction of sp³-hybridized carbons (Fsp3) is 0.385. The molecule has 1 saturated carbocycles. The first kappa shape index (κ1) is 13.2. The summed E-state index contributed by atoms with van der Waals surface area (Å²) in [5.74, 6) is -1.06. The predicted molar refractivity (Wildman–Crippen MR) is 72.7 cm³/mol. The first-order valence-corrected chi connectivity index (χ1v) is 6.98. The molecule has 3 rings (SSSR count). The van der Waals surface area contributed by atoms with Crippen LogP contribution in [0.1, 0.15) is 12.8 Å².